The van der Waals surface area contributed by atoms with Gasteiger partial charge >= 0.3 is 5.97 Å². The van der Waals surface area contributed by atoms with Gasteiger partial charge in [0, 0.05) is 5.56 Å². The maximum atomic E-state index is 11.6. The summed E-state index contributed by atoms with van der Waals surface area (Å²) in [5.41, 5.74) is 0.544. The van der Waals surface area contributed by atoms with Crippen LogP contribution >= 0.6 is 23.4 Å². The molecule has 0 radical (unpaired) electrons. The number of phenols is 1. The Balaban J connectivity index is 2.09. The molecule has 1 heterocycles. The maximum Gasteiger partial charge on any atom is 0.305 e. The van der Waals surface area contributed by atoms with Crippen LogP contribution in [-0.2, 0) is 9.59 Å². The topological polar surface area (TPSA) is 121 Å². The van der Waals surface area contributed by atoms with Gasteiger partial charge in [-0.3, -0.25) is 9.59 Å². The van der Waals surface area contributed by atoms with Crippen molar-refractivity contribution in [2.24, 2.45) is 10.2 Å². The lowest BCUT2D eigenvalue weighted by molar-refractivity contribution is -0.138. The Labute approximate surface area is 146 Å². The zero-order valence-electron chi connectivity index (χ0n) is 12.5. The Morgan fingerprint density at radius 2 is 2.29 bits per heavy atom. The summed E-state index contributed by atoms with van der Waals surface area (Å²) in [5, 5.41) is 28.2. The van der Waals surface area contributed by atoms with Crippen molar-refractivity contribution < 1.29 is 24.5 Å². The molecule has 1 saturated heterocycles. The average Bonchev–Trinajstić information content (AvgIpc) is 2.84. The summed E-state index contributed by atoms with van der Waals surface area (Å²) >= 11 is 6.91. The summed E-state index contributed by atoms with van der Waals surface area (Å²) < 4.78 is 5.25. The van der Waals surface area contributed by atoms with E-state index < -0.39 is 17.1 Å². The number of thioether (sulfide) groups is 1. The summed E-state index contributed by atoms with van der Waals surface area (Å²) in [6.45, 7) is 2.13. The van der Waals surface area contributed by atoms with Gasteiger partial charge in [-0.15, -0.1) is 5.10 Å². The number of phenolic OH excluding ortho intramolecular Hbond substituents is 1. The van der Waals surface area contributed by atoms with Crippen LogP contribution in [0.2, 0.25) is 5.02 Å². The number of aromatic hydroxyl groups is 1. The van der Waals surface area contributed by atoms with Gasteiger partial charge in [0.25, 0.3) is 0 Å². The van der Waals surface area contributed by atoms with Crippen LogP contribution in [0.4, 0.5) is 0 Å². The van der Waals surface area contributed by atoms with E-state index in [1.165, 1.54) is 12.3 Å². The van der Waals surface area contributed by atoms with Crippen molar-refractivity contribution in [1.29, 1.82) is 0 Å². The molecule has 0 aromatic heterocycles. The zero-order valence-corrected chi connectivity index (χ0v) is 14.1. The number of nitrogens with zero attached hydrogens (tertiary/aromatic N) is 2. The molecular weight excluding hydrogens is 358 g/mol. The van der Waals surface area contributed by atoms with Gasteiger partial charge in [-0.2, -0.15) is 5.10 Å². The normalized spacial score (nSPS) is 19.0. The number of amides is 1. The summed E-state index contributed by atoms with van der Waals surface area (Å²) in [5.74, 6) is -1.40. The minimum Gasteiger partial charge on any atom is -0.503 e. The van der Waals surface area contributed by atoms with Gasteiger partial charge in [0.15, 0.2) is 16.7 Å². The molecule has 1 fully saturated rings. The second-order valence-corrected chi connectivity index (χ2v) is 6.22. The first-order valence-electron chi connectivity index (χ1n) is 6.86. The van der Waals surface area contributed by atoms with E-state index in [1.807, 2.05) is 0 Å². The molecule has 24 heavy (non-hydrogen) atoms. The molecule has 0 saturated carbocycles. The molecule has 10 heteroatoms. The van der Waals surface area contributed by atoms with Crippen molar-refractivity contribution in [3.63, 3.8) is 0 Å². The monoisotopic (exact) mass is 371 g/mol. The number of carboxylic acid groups (broad SMARTS) is 1. The van der Waals surface area contributed by atoms with Crippen molar-refractivity contribution in [1.82, 2.24) is 5.32 Å². The summed E-state index contributed by atoms with van der Waals surface area (Å²) in [6.07, 6.45) is 1.09. The maximum absolute atomic E-state index is 11.6. The van der Waals surface area contributed by atoms with Crippen LogP contribution in [0.5, 0.6) is 11.5 Å². The molecule has 1 aromatic rings. The number of rotatable bonds is 6. The largest absolute Gasteiger partial charge is 0.503 e. The molecule has 8 nitrogen and oxygen atoms in total. The summed E-state index contributed by atoms with van der Waals surface area (Å²) in [7, 11) is 0. The van der Waals surface area contributed by atoms with Gasteiger partial charge in [0.1, 0.15) is 5.25 Å². The lowest BCUT2D eigenvalue weighted by atomic mass is 10.2. The van der Waals surface area contributed by atoms with E-state index in [-0.39, 0.29) is 28.1 Å². The first-order chi connectivity index (χ1) is 11.4. The van der Waals surface area contributed by atoms with Crippen LogP contribution in [0.3, 0.4) is 0 Å². The van der Waals surface area contributed by atoms with Gasteiger partial charge in [0.2, 0.25) is 5.91 Å². The van der Waals surface area contributed by atoms with Crippen LogP contribution in [-0.4, -0.2) is 45.3 Å². The summed E-state index contributed by atoms with van der Waals surface area (Å²) in [4.78, 5) is 22.2. The molecular formula is C14H14ClN3O5S. The van der Waals surface area contributed by atoms with E-state index in [0.717, 1.165) is 11.8 Å². The van der Waals surface area contributed by atoms with Crippen molar-refractivity contribution in [2.45, 2.75) is 18.6 Å². The van der Waals surface area contributed by atoms with Crippen molar-refractivity contribution in [3.05, 3.63) is 22.7 Å². The number of hydrogen-bond donors (Lipinski definition) is 3. The van der Waals surface area contributed by atoms with E-state index >= 15 is 0 Å². The molecule has 1 atom stereocenters. The van der Waals surface area contributed by atoms with Crippen molar-refractivity contribution in [2.75, 3.05) is 6.61 Å². The van der Waals surface area contributed by atoms with Gasteiger partial charge < -0.3 is 20.3 Å². The van der Waals surface area contributed by atoms with Gasteiger partial charge in [-0.1, -0.05) is 23.4 Å². The molecule has 1 aliphatic heterocycles. The Morgan fingerprint density at radius 1 is 1.54 bits per heavy atom. The van der Waals surface area contributed by atoms with Crippen LogP contribution in [0, 0.1) is 0 Å². The van der Waals surface area contributed by atoms with Crippen molar-refractivity contribution in [3.8, 4) is 11.5 Å². The standard InChI is InChI=1S/C14H14ClN3O5S/c1-2-23-9-4-7(3-8(15)12(9)21)6-16-18-14-17-13(22)10(24-14)5-11(19)20/h3-4,6,10,21H,2,5H2,1H3,(H,19,20)(H,17,18,22). The third-order valence-electron chi connectivity index (χ3n) is 2.84. The molecule has 0 aliphatic carbocycles. The number of amidine groups is 1. The highest BCUT2D eigenvalue weighted by molar-refractivity contribution is 8.15. The fourth-order valence-corrected chi connectivity index (χ4v) is 2.96. The van der Waals surface area contributed by atoms with Gasteiger partial charge in [-0.05, 0) is 19.1 Å². The Hall–Kier alpha value is -2.26. The highest BCUT2D eigenvalue weighted by Gasteiger charge is 2.32. The highest BCUT2D eigenvalue weighted by atomic mass is 35.5. The minimum absolute atomic E-state index is 0.111. The number of hydrogen-bond acceptors (Lipinski definition) is 7. The van der Waals surface area contributed by atoms with E-state index in [1.54, 1.807) is 13.0 Å². The third kappa shape index (κ3) is 4.62. The molecule has 1 amide bonds. The van der Waals surface area contributed by atoms with E-state index in [2.05, 4.69) is 15.5 Å². The van der Waals surface area contributed by atoms with Crippen LogP contribution in [0.25, 0.3) is 0 Å². The number of carbonyl (C=O) groups is 2. The Bertz CT molecular complexity index is 723. The predicted molar refractivity (Wildman–Crippen MR) is 91.1 cm³/mol. The number of carboxylic acids is 1. The first-order valence-corrected chi connectivity index (χ1v) is 8.12. The first kappa shape index (κ1) is 18.1. The number of aliphatic carboxylic acids is 1. The van der Waals surface area contributed by atoms with E-state index in [4.69, 9.17) is 21.4 Å². The molecule has 3 N–H and O–H groups in total. The fraction of sp³-hybridized carbons (Fsp3) is 0.286. The van der Waals surface area contributed by atoms with Gasteiger partial charge in [0.05, 0.1) is 24.3 Å². The van der Waals surface area contributed by atoms with E-state index in [0.29, 0.717) is 12.2 Å². The fourth-order valence-electron chi connectivity index (χ4n) is 1.83. The number of carbonyl (C=O) groups excluding carboxylic acids is 1. The smallest absolute Gasteiger partial charge is 0.305 e. The predicted octanol–water partition coefficient (Wildman–Crippen LogP) is 1.84. The van der Waals surface area contributed by atoms with Gasteiger partial charge in [-0.25, -0.2) is 0 Å². The molecule has 128 valence electrons. The second-order valence-electron chi connectivity index (χ2n) is 4.63. The second kappa shape index (κ2) is 8.02. The average molecular weight is 372 g/mol. The lowest BCUT2D eigenvalue weighted by Gasteiger charge is -2.07. The lowest BCUT2D eigenvalue weighted by Crippen LogP contribution is -2.26. The number of ether oxygens (including phenoxy) is 1. The molecule has 1 unspecified atom stereocenters. The number of halogens is 1. The molecule has 2 rings (SSSR count). The zero-order chi connectivity index (χ0) is 17.7. The molecule has 1 aliphatic rings. The third-order valence-corrected chi connectivity index (χ3v) is 4.20. The SMILES string of the molecule is CCOc1cc(C=NN=C2NC(=O)C(CC(=O)O)S2)cc(Cl)c1O. The summed E-state index contributed by atoms with van der Waals surface area (Å²) in [6, 6.07) is 3.03. The Morgan fingerprint density at radius 3 is 2.96 bits per heavy atom. The Kier molecular flexibility index (Phi) is 6.04. The quantitative estimate of drug-likeness (QED) is 0.518. The van der Waals surface area contributed by atoms with Crippen LogP contribution < -0.4 is 10.1 Å². The molecule has 0 spiro atoms. The van der Waals surface area contributed by atoms with Crippen molar-refractivity contribution >= 4 is 46.6 Å². The van der Waals surface area contributed by atoms with E-state index in [9.17, 15) is 14.7 Å². The highest BCUT2D eigenvalue weighted by Crippen LogP contribution is 2.34. The van der Waals surface area contributed by atoms with Crippen LogP contribution in [0.1, 0.15) is 18.9 Å². The molecule has 0 bridgehead atoms. The van der Waals surface area contributed by atoms with Crippen LogP contribution in [0.15, 0.2) is 22.3 Å². The minimum atomic E-state index is -1.06. The molecule has 1 aromatic carbocycles. The number of benzene rings is 1. The number of nitrogens with one attached hydrogen (secondary N) is 1.